The van der Waals surface area contributed by atoms with Crippen molar-refractivity contribution in [3.05, 3.63) is 83.1 Å². The summed E-state index contributed by atoms with van der Waals surface area (Å²) in [5, 5.41) is 0. The number of ether oxygens (including phenoxy) is 1. The summed E-state index contributed by atoms with van der Waals surface area (Å²) in [6.07, 6.45) is -2.20. The second-order valence-corrected chi connectivity index (χ2v) is 7.93. The Morgan fingerprint density at radius 1 is 1.06 bits per heavy atom. The number of hydrogen-bond donors (Lipinski definition) is 0. The number of benzene rings is 1. The molecule has 0 N–H and O–H groups in total. The molecule has 2 aliphatic heterocycles. The second kappa shape index (κ2) is 8.64. The van der Waals surface area contributed by atoms with Crippen LogP contribution in [-0.4, -0.2) is 35.1 Å². The zero-order valence-electron chi connectivity index (χ0n) is 17.3. The zero-order valence-corrected chi connectivity index (χ0v) is 17.3. The van der Waals surface area contributed by atoms with Gasteiger partial charge in [0.2, 0.25) is 0 Å². The van der Waals surface area contributed by atoms with Crippen molar-refractivity contribution in [3.8, 4) is 0 Å². The van der Waals surface area contributed by atoms with Crippen LogP contribution in [0.2, 0.25) is 0 Å². The van der Waals surface area contributed by atoms with Crippen LogP contribution in [0.4, 0.5) is 31.1 Å². The van der Waals surface area contributed by atoms with Gasteiger partial charge in [0.15, 0.2) is 0 Å². The summed E-state index contributed by atoms with van der Waals surface area (Å²) in [4.78, 5) is 15.5. The fourth-order valence-corrected chi connectivity index (χ4v) is 4.29. The Morgan fingerprint density at radius 3 is 2.55 bits per heavy atom. The van der Waals surface area contributed by atoms with Gasteiger partial charge in [0.1, 0.15) is 12.0 Å². The number of allylic oxidation sites excluding steroid dienone is 4. The van der Waals surface area contributed by atoms with E-state index in [2.05, 4.69) is 0 Å². The summed E-state index contributed by atoms with van der Waals surface area (Å²) >= 11 is 0. The van der Waals surface area contributed by atoms with Crippen molar-refractivity contribution in [1.29, 1.82) is 0 Å². The number of urea groups is 1. The maximum atomic E-state index is 13.4. The van der Waals surface area contributed by atoms with Gasteiger partial charge in [0, 0.05) is 30.8 Å². The number of carbonyl (C=O) groups excluding carboxylic acids is 1. The van der Waals surface area contributed by atoms with Crippen LogP contribution in [0.25, 0.3) is 0 Å². The first-order valence-electron chi connectivity index (χ1n) is 10.3. The van der Waals surface area contributed by atoms with Gasteiger partial charge in [-0.1, -0.05) is 30.4 Å². The predicted molar refractivity (Wildman–Crippen MR) is 107 cm³/mol. The highest BCUT2D eigenvalue weighted by molar-refractivity contribution is 5.77. The molecule has 1 saturated heterocycles. The van der Waals surface area contributed by atoms with E-state index in [9.17, 15) is 31.1 Å². The number of likely N-dealkylation sites (tertiary alicyclic amines) is 1. The lowest BCUT2D eigenvalue weighted by molar-refractivity contribution is -0.138. The molecule has 10 heteroatoms. The van der Waals surface area contributed by atoms with E-state index < -0.39 is 35.4 Å². The van der Waals surface area contributed by atoms with Crippen molar-refractivity contribution in [2.75, 3.05) is 13.1 Å². The number of alkyl halides is 6. The van der Waals surface area contributed by atoms with Crippen LogP contribution in [0.3, 0.4) is 0 Å². The second-order valence-electron chi connectivity index (χ2n) is 7.93. The molecule has 1 atom stereocenters. The normalized spacial score (nSPS) is 21.4. The Balaban J connectivity index is 1.53. The van der Waals surface area contributed by atoms with Crippen molar-refractivity contribution >= 4 is 6.03 Å². The van der Waals surface area contributed by atoms with E-state index >= 15 is 0 Å². The molecule has 2 heterocycles. The largest absolute Gasteiger partial charge is 0.462 e. The molecule has 0 spiro atoms. The minimum absolute atomic E-state index is 0.0504. The molecule has 1 aromatic carbocycles. The molecule has 1 aromatic rings. The van der Waals surface area contributed by atoms with Crippen LogP contribution in [-0.2, 0) is 10.9 Å². The SMILES string of the molecule is O=C(N1C=COC(C2=C(C(F)(F)F)C=CCC2)=C1)N1CCC(c2ccccc2C(F)(F)F)C1. The highest BCUT2D eigenvalue weighted by Crippen LogP contribution is 2.40. The van der Waals surface area contributed by atoms with Crippen LogP contribution >= 0.6 is 0 Å². The third kappa shape index (κ3) is 4.79. The smallest absolute Gasteiger partial charge is 0.416 e. The van der Waals surface area contributed by atoms with Gasteiger partial charge in [0.05, 0.1) is 17.3 Å². The molecule has 0 radical (unpaired) electrons. The van der Waals surface area contributed by atoms with E-state index in [0.29, 0.717) is 12.8 Å². The summed E-state index contributed by atoms with van der Waals surface area (Å²) in [5.74, 6) is -0.580. The van der Waals surface area contributed by atoms with E-state index in [1.165, 1.54) is 41.6 Å². The van der Waals surface area contributed by atoms with Crippen molar-refractivity contribution in [1.82, 2.24) is 9.80 Å². The predicted octanol–water partition coefficient (Wildman–Crippen LogP) is 6.47. The van der Waals surface area contributed by atoms with Gasteiger partial charge in [-0.3, -0.25) is 4.90 Å². The third-order valence-corrected chi connectivity index (χ3v) is 5.83. The summed E-state index contributed by atoms with van der Waals surface area (Å²) in [6, 6.07) is 4.73. The van der Waals surface area contributed by atoms with Gasteiger partial charge in [-0.05, 0) is 30.9 Å². The minimum Gasteiger partial charge on any atom is -0.462 e. The molecule has 0 aromatic heterocycles. The molecular formula is C23H20F6N2O2. The van der Waals surface area contributed by atoms with Crippen molar-refractivity contribution in [3.63, 3.8) is 0 Å². The molecule has 4 rings (SSSR count). The first-order chi connectivity index (χ1) is 15.6. The summed E-state index contributed by atoms with van der Waals surface area (Å²) in [6.45, 7) is 0.294. The number of carbonyl (C=O) groups is 1. The maximum Gasteiger partial charge on any atom is 0.416 e. The molecule has 1 fully saturated rings. The first-order valence-corrected chi connectivity index (χ1v) is 10.3. The van der Waals surface area contributed by atoms with Gasteiger partial charge < -0.3 is 9.64 Å². The first kappa shape index (κ1) is 23.0. The van der Waals surface area contributed by atoms with E-state index in [1.54, 1.807) is 0 Å². The Morgan fingerprint density at radius 2 is 1.82 bits per heavy atom. The van der Waals surface area contributed by atoms with Crippen molar-refractivity contribution in [2.45, 2.75) is 37.5 Å². The van der Waals surface area contributed by atoms with E-state index in [1.807, 2.05) is 0 Å². The molecule has 176 valence electrons. The average molecular weight is 470 g/mol. The highest BCUT2D eigenvalue weighted by Gasteiger charge is 2.39. The lowest BCUT2D eigenvalue weighted by Crippen LogP contribution is -2.37. The molecule has 1 aliphatic carbocycles. The molecule has 1 unspecified atom stereocenters. The minimum atomic E-state index is -4.57. The van der Waals surface area contributed by atoms with Crippen molar-refractivity contribution < 1.29 is 35.9 Å². The number of nitrogens with zero attached hydrogens (tertiary/aromatic N) is 2. The Kier molecular flexibility index (Phi) is 6.02. The van der Waals surface area contributed by atoms with E-state index in [0.717, 1.165) is 23.3 Å². The lowest BCUT2D eigenvalue weighted by atomic mass is 9.93. The topological polar surface area (TPSA) is 32.8 Å². The Labute approximate surface area is 186 Å². The van der Waals surface area contributed by atoms with E-state index in [-0.39, 0.29) is 36.4 Å². The highest BCUT2D eigenvalue weighted by atomic mass is 19.4. The Bertz CT molecular complexity index is 1050. The van der Waals surface area contributed by atoms with Crippen molar-refractivity contribution in [2.24, 2.45) is 0 Å². The maximum absolute atomic E-state index is 13.4. The zero-order chi connectivity index (χ0) is 23.8. The van der Waals surface area contributed by atoms with Crippen LogP contribution in [0, 0.1) is 0 Å². The van der Waals surface area contributed by atoms with Crippen LogP contribution in [0.1, 0.15) is 36.3 Å². The average Bonchev–Trinajstić information content (AvgIpc) is 3.28. The molecule has 3 aliphatic rings. The van der Waals surface area contributed by atoms with Gasteiger partial charge in [-0.25, -0.2) is 4.79 Å². The number of hydrogen-bond acceptors (Lipinski definition) is 2. The third-order valence-electron chi connectivity index (χ3n) is 5.83. The number of halogens is 6. The van der Waals surface area contributed by atoms with Crippen LogP contribution < -0.4 is 0 Å². The summed E-state index contributed by atoms with van der Waals surface area (Å²) in [5.41, 5.74) is -1.48. The molecule has 0 bridgehead atoms. The van der Waals surface area contributed by atoms with Gasteiger partial charge in [0.25, 0.3) is 0 Å². The Hall–Kier alpha value is -3.17. The van der Waals surface area contributed by atoms with Crippen LogP contribution in [0.15, 0.2) is 72.0 Å². The lowest BCUT2D eigenvalue weighted by Gasteiger charge is -2.27. The standard InChI is InChI=1S/C23H20F6N2O2/c24-22(25,26)18-7-3-1-5-16(18)15-9-10-30(13-15)21(32)31-11-12-33-20(14-31)17-6-2-4-8-19(17)23(27,28)29/h1,3-5,7-8,11-12,14-15H,2,6,9-10,13H2. The summed E-state index contributed by atoms with van der Waals surface area (Å²) < 4.78 is 85.6. The fourth-order valence-electron chi connectivity index (χ4n) is 4.29. The quantitative estimate of drug-likeness (QED) is 0.465. The van der Waals surface area contributed by atoms with Gasteiger partial charge >= 0.3 is 18.4 Å². The summed E-state index contributed by atoms with van der Waals surface area (Å²) in [7, 11) is 0. The molecule has 2 amide bonds. The van der Waals surface area contributed by atoms with Gasteiger partial charge in [-0.15, -0.1) is 0 Å². The molecule has 4 nitrogen and oxygen atoms in total. The number of amides is 2. The van der Waals surface area contributed by atoms with Gasteiger partial charge in [-0.2, -0.15) is 26.3 Å². The fraction of sp³-hybridized carbons (Fsp3) is 0.348. The number of rotatable bonds is 2. The molecule has 33 heavy (non-hydrogen) atoms. The van der Waals surface area contributed by atoms with Crippen LogP contribution in [0.5, 0.6) is 0 Å². The van der Waals surface area contributed by atoms with E-state index in [4.69, 9.17) is 4.74 Å². The molecular weight excluding hydrogens is 450 g/mol. The monoisotopic (exact) mass is 470 g/mol. The molecule has 0 saturated carbocycles.